The molecule has 1 aromatic carbocycles. The van der Waals surface area contributed by atoms with Crippen LogP contribution in [0.3, 0.4) is 0 Å². The number of hydrogen-bond acceptors (Lipinski definition) is 3. The van der Waals surface area contributed by atoms with E-state index in [1.807, 2.05) is 46.8 Å². The van der Waals surface area contributed by atoms with Gasteiger partial charge in [-0.15, -0.1) is 0 Å². The first-order valence-electron chi connectivity index (χ1n) is 6.68. The van der Waals surface area contributed by atoms with Gasteiger partial charge >= 0.3 is 6.09 Å². The zero-order chi connectivity index (χ0) is 16.4. The SMILES string of the molecule is CN(C(=O)OC(C)(C)C)C(C)(C)c1ccc(S(N)=O)cc1. The summed E-state index contributed by atoms with van der Waals surface area (Å²) < 4.78 is 16.6. The number of carbonyl (C=O) groups is 1. The van der Waals surface area contributed by atoms with E-state index in [9.17, 15) is 9.00 Å². The lowest BCUT2D eigenvalue weighted by molar-refractivity contribution is 0.0104. The Morgan fingerprint density at radius 3 is 2.00 bits per heavy atom. The number of nitrogens with zero attached hydrogens (tertiary/aromatic N) is 1. The van der Waals surface area contributed by atoms with Crippen molar-refractivity contribution in [3.8, 4) is 0 Å². The highest BCUT2D eigenvalue weighted by Gasteiger charge is 2.32. The molecule has 2 N–H and O–H groups in total. The van der Waals surface area contributed by atoms with Gasteiger partial charge in [-0.25, -0.2) is 14.1 Å². The number of rotatable bonds is 3. The van der Waals surface area contributed by atoms with Gasteiger partial charge in [-0.1, -0.05) is 12.1 Å². The van der Waals surface area contributed by atoms with Crippen LogP contribution >= 0.6 is 0 Å². The van der Waals surface area contributed by atoms with Crippen LogP contribution in [0.4, 0.5) is 4.79 Å². The maximum atomic E-state index is 12.2. The molecule has 0 radical (unpaired) electrons. The van der Waals surface area contributed by atoms with Crippen LogP contribution in [0.15, 0.2) is 29.2 Å². The number of nitrogens with two attached hydrogens (primary N) is 1. The van der Waals surface area contributed by atoms with E-state index in [0.717, 1.165) is 5.56 Å². The van der Waals surface area contributed by atoms with Gasteiger partial charge in [-0.05, 0) is 52.3 Å². The van der Waals surface area contributed by atoms with Crippen molar-refractivity contribution in [2.45, 2.75) is 50.7 Å². The Kier molecular flexibility index (Phi) is 5.17. The quantitative estimate of drug-likeness (QED) is 0.932. The number of amides is 1. The highest BCUT2D eigenvalue weighted by Crippen LogP contribution is 2.28. The highest BCUT2D eigenvalue weighted by atomic mass is 32.2. The Morgan fingerprint density at radius 2 is 1.62 bits per heavy atom. The van der Waals surface area contributed by atoms with Gasteiger partial charge in [0.1, 0.15) is 16.6 Å². The molecular weight excluding hydrogens is 288 g/mol. The Labute approximate surface area is 129 Å². The Hall–Kier alpha value is -1.40. The largest absolute Gasteiger partial charge is 0.444 e. The van der Waals surface area contributed by atoms with Gasteiger partial charge in [0.2, 0.25) is 0 Å². The summed E-state index contributed by atoms with van der Waals surface area (Å²) in [4.78, 5) is 14.3. The van der Waals surface area contributed by atoms with Gasteiger partial charge in [-0.2, -0.15) is 0 Å². The molecule has 1 atom stereocenters. The summed E-state index contributed by atoms with van der Waals surface area (Å²) in [5, 5.41) is 5.34. The fraction of sp³-hybridized carbons (Fsp3) is 0.533. The zero-order valence-electron chi connectivity index (χ0n) is 13.5. The molecule has 0 spiro atoms. The summed E-state index contributed by atoms with van der Waals surface area (Å²) in [6.07, 6.45) is -0.390. The average Bonchev–Trinajstić information content (AvgIpc) is 2.35. The van der Waals surface area contributed by atoms with E-state index in [1.165, 1.54) is 0 Å². The Bertz CT molecular complexity index is 533. The minimum atomic E-state index is -1.50. The summed E-state index contributed by atoms with van der Waals surface area (Å²) in [7, 11) is 0.195. The molecular formula is C15H24N2O3S. The maximum Gasteiger partial charge on any atom is 0.410 e. The molecule has 0 aliphatic rings. The predicted octanol–water partition coefficient (Wildman–Crippen LogP) is 2.77. The molecule has 0 aliphatic carbocycles. The molecule has 0 bridgehead atoms. The Balaban J connectivity index is 2.98. The van der Waals surface area contributed by atoms with E-state index >= 15 is 0 Å². The van der Waals surface area contributed by atoms with Gasteiger partial charge in [0.15, 0.2) is 0 Å². The second kappa shape index (κ2) is 6.15. The molecule has 0 aliphatic heterocycles. The molecule has 6 heteroatoms. The predicted molar refractivity (Wildman–Crippen MR) is 84.1 cm³/mol. The van der Waals surface area contributed by atoms with Crippen LogP contribution in [0.1, 0.15) is 40.2 Å². The molecule has 0 saturated heterocycles. The monoisotopic (exact) mass is 312 g/mol. The fourth-order valence-corrected chi connectivity index (χ4v) is 2.15. The number of ether oxygens (including phenoxy) is 1. The molecule has 118 valence electrons. The lowest BCUT2D eigenvalue weighted by Gasteiger charge is -2.37. The fourth-order valence-electron chi connectivity index (χ4n) is 1.75. The van der Waals surface area contributed by atoms with Crippen molar-refractivity contribution >= 4 is 17.1 Å². The van der Waals surface area contributed by atoms with Gasteiger partial charge in [0.05, 0.1) is 10.4 Å². The summed E-state index contributed by atoms with van der Waals surface area (Å²) in [6.45, 7) is 9.34. The molecule has 1 rings (SSSR count). The van der Waals surface area contributed by atoms with Crippen LogP contribution in [0.5, 0.6) is 0 Å². The number of hydrogen-bond donors (Lipinski definition) is 1. The minimum Gasteiger partial charge on any atom is -0.444 e. The van der Waals surface area contributed by atoms with Crippen LogP contribution in [0.25, 0.3) is 0 Å². The van der Waals surface area contributed by atoms with Crippen molar-refractivity contribution in [2.24, 2.45) is 5.14 Å². The molecule has 0 saturated carbocycles. The Morgan fingerprint density at radius 1 is 1.14 bits per heavy atom. The second-order valence-electron chi connectivity index (χ2n) is 6.42. The molecule has 1 amide bonds. The van der Waals surface area contributed by atoms with Crippen molar-refractivity contribution < 1.29 is 13.7 Å². The lowest BCUT2D eigenvalue weighted by atomic mass is 9.93. The van der Waals surface area contributed by atoms with E-state index in [1.54, 1.807) is 24.1 Å². The highest BCUT2D eigenvalue weighted by molar-refractivity contribution is 7.82. The molecule has 0 fully saturated rings. The van der Waals surface area contributed by atoms with Gasteiger partial charge in [0.25, 0.3) is 0 Å². The lowest BCUT2D eigenvalue weighted by Crippen LogP contribution is -2.45. The molecule has 21 heavy (non-hydrogen) atoms. The molecule has 1 aromatic rings. The first kappa shape index (κ1) is 17.7. The van der Waals surface area contributed by atoms with Crippen molar-refractivity contribution in [1.82, 2.24) is 4.90 Å². The summed E-state index contributed by atoms with van der Waals surface area (Å²) in [6, 6.07) is 7.05. The van der Waals surface area contributed by atoms with Crippen LogP contribution in [0, 0.1) is 0 Å². The van der Waals surface area contributed by atoms with Crippen molar-refractivity contribution in [3.05, 3.63) is 29.8 Å². The third-order valence-corrected chi connectivity index (χ3v) is 4.04. The van der Waals surface area contributed by atoms with Crippen molar-refractivity contribution in [1.29, 1.82) is 0 Å². The van der Waals surface area contributed by atoms with E-state index in [0.29, 0.717) is 4.90 Å². The first-order chi connectivity index (χ1) is 9.45. The van der Waals surface area contributed by atoms with E-state index in [2.05, 4.69) is 0 Å². The summed E-state index contributed by atoms with van der Waals surface area (Å²) in [5.74, 6) is 0. The van der Waals surface area contributed by atoms with Crippen LogP contribution < -0.4 is 5.14 Å². The van der Waals surface area contributed by atoms with Gasteiger partial charge in [0, 0.05) is 7.05 Å². The molecule has 0 heterocycles. The van der Waals surface area contributed by atoms with E-state index in [-0.39, 0.29) is 6.09 Å². The molecule has 5 nitrogen and oxygen atoms in total. The summed E-state index contributed by atoms with van der Waals surface area (Å²) in [5.41, 5.74) is -0.191. The van der Waals surface area contributed by atoms with E-state index < -0.39 is 22.1 Å². The summed E-state index contributed by atoms with van der Waals surface area (Å²) >= 11 is 0. The molecule has 1 unspecified atom stereocenters. The zero-order valence-corrected chi connectivity index (χ0v) is 14.3. The van der Waals surface area contributed by atoms with Gasteiger partial charge in [-0.3, -0.25) is 0 Å². The van der Waals surface area contributed by atoms with E-state index in [4.69, 9.17) is 9.88 Å². The van der Waals surface area contributed by atoms with Crippen molar-refractivity contribution in [3.63, 3.8) is 0 Å². The minimum absolute atomic E-state index is 0.390. The van der Waals surface area contributed by atoms with Crippen LogP contribution in [0.2, 0.25) is 0 Å². The third-order valence-electron chi connectivity index (χ3n) is 3.30. The standard InChI is InChI=1S/C15H24N2O3S/c1-14(2,3)20-13(18)17(6)15(4,5)11-7-9-12(10-8-11)21(16)19/h7-10H,16H2,1-6H3. The third kappa shape index (κ3) is 4.54. The topological polar surface area (TPSA) is 72.6 Å². The van der Waals surface area contributed by atoms with Crippen LogP contribution in [-0.2, 0) is 21.3 Å². The average molecular weight is 312 g/mol. The number of carbonyl (C=O) groups excluding carboxylic acids is 1. The van der Waals surface area contributed by atoms with Crippen molar-refractivity contribution in [2.75, 3.05) is 7.05 Å². The normalized spacial score (nSPS) is 13.7. The maximum absolute atomic E-state index is 12.2. The smallest absolute Gasteiger partial charge is 0.410 e. The first-order valence-corrected chi connectivity index (χ1v) is 7.90. The number of benzene rings is 1. The molecule has 0 aromatic heterocycles. The van der Waals surface area contributed by atoms with Gasteiger partial charge < -0.3 is 9.64 Å². The van der Waals surface area contributed by atoms with Crippen LogP contribution in [-0.4, -0.2) is 27.9 Å². The second-order valence-corrected chi connectivity index (χ2v) is 7.49.